The Labute approximate surface area is 128 Å². The van der Waals surface area contributed by atoms with Crippen molar-refractivity contribution in [1.82, 2.24) is 0 Å². The lowest BCUT2D eigenvalue weighted by atomic mass is 9.75. The van der Waals surface area contributed by atoms with Crippen molar-refractivity contribution < 1.29 is 24.9 Å². The van der Waals surface area contributed by atoms with Crippen LogP contribution in [0.15, 0.2) is 12.2 Å². The summed E-state index contributed by atoms with van der Waals surface area (Å²) in [6, 6.07) is 0. The van der Waals surface area contributed by atoms with Crippen molar-refractivity contribution in [1.29, 1.82) is 0 Å². The van der Waals surface area contributed by atoms with E-state index in [4.69, 9.17) is 16.3 Å². The van der Waals surface area contributed by atoms with Crippen LogP contribution < -0.4 is 0 Å². The first-order valence-electron chi connectivity index (χ1n) is 7.34. The molecule has 3 fully saturated rings. The molecule has 1 heterocycles. The summed E-state index contributed by atoms with van der Waals surface area (Å²) in [5.41, 5.74) is -1.02. The molecule has 1 aliphatic heterocycles. The minimum atomic E-state index is -1.87. The van der Waals surface area contributed by atoms with Crippen molar-refractivity contribution in [2.45, 2.75) is 43.7 Å². The van der Waals surface area contributed by atoms with Crippen LogP contribution in [-0.4, -0.2) is 51.1 Å². The second kappa shape index (κ2) is 4.95. The van der Waals surface area contributed by atoms with Crippen LogP contribution in [0.2, 0.25) is 0 Å². The zero-order valence-corrected chi connectivity index (χ0v) is 12.7. The van der Waals surface area contributed by atoms with Crippen LogP contribution in [0.5, 0.6) is 0 Å². The van der Waals surface area contributed by atoms with Gasteiger partial charge in [0.2, 0.25) is 0 Å². The Hall–Kier alpha value is -0.620. The molecule has 0 aromatic rings. The van der Waals surface area contributed by atoms with Gasteiger partial charge in [-0.2, -0.15) is 0 Å². The van der Waals surface area contributed by atoms with Gasteiger partial charge in [-0.1, -0.05) is 19.1 Å². The van der Waals surface area contributed by atoms with Gasteiger partial charge in [0.15, 0.2) is 5.60 Å². The van der Waals surface area contributed by atoms with Crippen molar-refractivity contribution in [3.8, 4) is 0 Å². The average Bonchev–Trinajstić information content (AvgIpc) is 2.82. The molecule has 0 aromatic carbocycles. The molecule has 3 rings (SSSR count). The van der Waals surface area contributed by atoms with Crippen LogP contribution in [0.4, 0.5) is 0 Å². The molecule has 0 radical (unpaired) electrons. The van der Waals surface area contributed by atoms with Gasteiger partial charge in [-0.3, -0.25) is 0 Å². The van der Waals surface area contributed by atoms with Gasteiger partial charge in [-0.15, -0.1) is 11.6 Å². The molecule has 6 heteroatoms. The van der Waals surface area contributed by atoms with E-state index >= 15 is 0 Å². The lowest BCUT2D eigenvalue weighted by Gasteiger charge is -2.32. The number of halogens is 1. The maximum atomic E-state index is 12.1. The van der Waals surface area contributed by atoms with Gasteiger partial charge < -0.3 is 20.1 Å². The summed E-state index contributed by atoms with van der Waals surface area (Å²) in [4.78, 5) is 12.1. The molecule has 0 amide bonds. The zero-order valence-electron chi connectivity index (χ0n) is 11.9. The maximum absolute atomic E-state index is 12.1. The first-order valence-corrected chi connectivity index (χ1v) is 7.88. The van der Waals surface area contributed by atoms with E-state index in [1.54, 1.807) is 0 Å². The van der Waals surface area contributed by atoms with Crippen LogP contribution in [0, 0.1) is 23.7 Å². The molecule has 3 N–H and O–H groups in total. The standard InChI is InChI=1S/C15H21ClO5/c1-6-3-10(18)12-13(21-14(19)15(12,20)5-16)11-7(2)9(17)4-8(6)11/h7-13,17-18,20H,1,3-5H2,2H3/t7-,8+,9+,10+,11+,12-,13-,15+/m1/s1. The summed E-state index contributed by atoms with van der Waals surface area (Å²) in [6.07, 6.45) is -1.20. The van der Waals surface area contributed by atoms with Gasteiger partial charge in [0.05, 0.1) is 24.0 Å². The number of rotatable bonds is 1. The van der Waals surface area contributed by atoms with E-state index in [1.165, 1.54) is 0 Å². The highest BCUT2D eigenvalue weighted by Gasteiger charge is 2.64. The van der Waals surface area contributed by atoms with Crippen LogP contribution >= 0.6 is 11.6 Å². The first-order chi connectivity index (χ1) is 9.81. The van der Waals surface area contributed by atoms with Gasteiger partial charge in [-0.25, -0.2) is 4.79 Å². The van der Waals surface area contributed by atoms with Gasteiger partial charge in [0.25, 0.3) is 0 Å². The predicted octanol–water partition coefficient (Wildman–Crippen LogP) is 0.452. The number of aliphatic hydroxyl groups is 3. The number of carbonyl (C=O) groups excluding carboxylic acids is 1. The van der Waals surface area contributed by atoms with Crippen molar-refractivity contribution in [3.05, 3.63) is 12.2 Å². The van der Waals surface area contributed by atoms with Crippen molar-refractivity contribution >= 4 is 17.6 Å². The van der Waals surface area contributed by atoms with E-state index in [1.807, 2.05) is 6.92 Å². The zero-order chi connectivity index (χ0) is 15.5. The summed E-state index contributed by atoms with van der Waals surface area (Å²) in [5.74, 6) is -2.10. The molecule has 1 saturated heterocycles. The lowest BCUT2D eigenvalue weighted by Crippen LogP contribution is -2.50. The molecule has 5 nitrogen and oxygen atoms in total. The number of hydrogen-bond donors (Lipinski definition) is 3. The molecule has 0 spiro atoms. The molecule has 2 aliphatic carbocycles. The monoisotopic (exact) mass is 316 g/mol. The smallest absolute Gasteiger partial charge is 0.340 e. The number of hydrogen-bond acceptors (Lipinski definition) is 5. The topological polar surface area (TPSA) is 87.0 Å². The highest BCUT2D eigenvalue weighted by atomic mass is 35.5. The van der Waals surface area contributed by atoms with Crippen molar-refractivity contribution in [2.24, 2.45) is 23.7 Å². The Morgan fingerprint density at radius 2 is 2.10 bits per heavy atom. The normalized spacial score (nSPS) is 53.1. The molecule has 21 heavy (non-hydrogen) atoms. The van der Waals surface area contributed by atoms with E-state index in [9.17, 15) is 20.1 Å². The Morgan fingerprint density at radius 3 is 2.71 bits per heavy atom. The van der Waals surface area contributed by atoms with Crippen molar-refractivity contribution in [3.63, 3.8) is 0 Å². The molecule has 118 valence electrons. The van der Waals surface area contributed by atoms with Gasteiger partial charge in [0, 0.05) is 5.92 Å². The van der Waals surface area contributed by atoms with E-state index in [-0.39, 0.29) is 30.1 Å². The number of alkyl halides is 1. The minimum Gasteiger partial charge on any atom is -0.459 e. The lowest BCUT2D eigenvalue weighted by molar-refractivity contribution is -0.155. The maximum Gasteiger partial charge on any atom is 0.340 e. The second-order valence-corrected chi connectivity index (χ2v) is 7.00. The highest BCUT2D eigenvalue weighted by Crippen LogP contribution is 2.53. The molecular weight excluding hydrogens is 296 g/mol. The van der Waals surface area contributed by atoms with E-state index in [0.29, 0.717) is 6.42 Å². The summed E-state index contributed by atoms with van der Waals surface area (Å²) in [5, 5.41) is 31.2. The van der Waals surface area contributed by atoms with E-state index in [0.717, 1.165) is 5.57 Å². The third-order valence-electron chi connectivity index (χ3n) is 5.67. The molecule has 0 unspecified atom stereocenters. The number of fused-ring (bicyclic) bond motifs is 3. The summed E-state index contributed by atoms with van der Waals surface area (Å²) < 4.78 is 5.42. The van der Waals surface area contributed by atoms with Crippen LogP contribution in [0.25, 0.3) is 0 Å². The van der Waals surface area contributed by atoms with Crippen LogP contribution in [0.3, 0.4) is 0 Å². The molecule has 0 aromatic heterocycles. The van der Waals surface area contributed by atoms with Gasteiger partial charge in [-0.05, 0) is 24.7 Å². The quantitative estimate of drug-likeness (QED) is 0.371. The molecule has 2 saturated carbocycles. The molecule has 3 aliphatic rings. The number of aliphatic hydroxyl groups excluding tert-OH is 2. The Kier molecular flexibility index (Phi) is 3.60. The number of carbonyl (C=O) groups is 1. The predicted molar refractivity (Wildman–Crippen MR) is 75.6 cm³/mol. The third kappa shape index (κ3) is 1.98. The number of ether oxygens (including phenoxy) is 1. The average molecular weight is 317 g/mol. The molecular formula is C15H21ClO5. The summed E-state index contributed by atoms with van der Waals surface area (Å²) >= 11 is 5.79. The van der Waals surface area contributed by atoms with Crippen molar-refractivity contribution in [2.75, 3.05) is 5.88 Å². The fourth-order valence-corrected chi connectivity index (χ4v) is 4.76. The Bertz CT molecular complexity index is 481. The molecule has 0 bridgehead atoms. The molecule has 8 atom stereocenters. The minimum absolute atomic E-state index is 0.00914. The van der Waals surface area contributed by atoms with E-state index < -0.39 is 35.8 Å². The summed E-state index contributed by atoms with van der Waals surface area (Å²) in [7, 11) is 0. The van der Waals surface area contributed by atoms with E-state index in [2.05, 4.69) is 6.58 Å². The fraction of sp³-hybridized carbons (Fsp3) is 0.800. The Morgan fingerprint density at radius 1 is 1.43 bits per heavy atom. The largest absolute Gasteiger partial charge is 0.459 e. The summed E-state index contributed by atoms with van der Waals surface area (Å²) in [6.45, 7) is 5.94. The SMILES string of the molecule is C=C1C[C@H](O)[C@@H]2[C@H](OC(=O)[C@]2(O)CCl)[C@H]2[C@H](C)[C@@H](O)C[C@@H]12. The van der Waals surface area contributed by atoms with Gasteiger partial charge >= 0.3 is 5.97 Å². The Balaban J connectivity index is 2.05. The fourth-order valence-electron chi connectivity index (χ4n) is 4.47. The number of esters is 1. The van der Waals surface area contributed by atoms with Crippen LogP contribution in [-0.2, 0) is 9.53 Å². The highest BCUT2D eigenvalue weighted by molar-refractivity contribution is 6.20. The first kappa shape index (κ1) is 15.3. The second-order valence-electron chi connectivity index (χ2n) is 6.73. The van der Waals surface area contributed by atoms with Gasteiger partial charge in [0.1, 0.15) is 6.10 Å². The van der Waals surface area contributed by atoms with Crippen LogP contribution in [0.1, 0.15) is 19.8 Å². The third-order valence-corrected chi connectivity index (χ3v) is 6.08.